The molecule has 7 heteroatoms. The number of hydrogen-bond acceptors (Lipinski definition) is 5. The van der Waals surface area contributed by atoms with Crippen LogP contribution in [0.3, 0.4) is 0 Å². The second-order valence-corrected chi connectivity index (χ2v) is 8.30. The van der Waals surface area contributed by atoms with E-state index in [2.05, 4.69) is 10.1 Å². The first-order valence-corrected chi connectivity index (χ1v) is 9.49. The van der Waals surface area contributed by atoms with Crippen LogP contribution in [-0.2, 0) is 16.4 Å². The average Bonchev–Trinajstić information content (AvgIpc) is 3.20. The Morgan fingerprint density at radius 1 is 1.33 bits per heavy atom. The first-order valence-electron chi connectivity index (χ1n) is 7.89. The smallest absolute Gasteiger partial charge is 0.226 e. The molecule has 0 bridgehead atoms. The second-order valence-electron chi connectivity index (χ2n) is 6.21. The van der Waals surface area contributed by atoms with E-state index in [9.17, 15) is 8.42 Å². The highest BCUT2D eigenvalue weighted by atomic mass is 32.2. The molecule has 3 rings (SSSR count). The predicted molar refractivity (Wildman–Crippen MR) is 78.4 cm³/mol. The van der Waals surface area contributed by atoms with Gasteiger partial charge in [-0.2, -0.15) is 4.98 Å². The molecule has 1 atom stereocenters. The van der Waals surface area contributed by atoms with Crippen LogP contribution >= 0.6 is 0 Å². The highest BCUT2D eigenvalue weighted by Gasteiger charge is 2.31. The Kier molecular flexibility index (Phi) is 4.31. The molecule has 2 fully saturated rings. The van der Waals surface area contributed by atoms with Gasteiger partial charge in [0.25, 0.3) is 0 Å². The van der Waals surface area contributed by atoms with Crippen LogP contribution in [0.2, 0.25) is 0 Å². The highest BCUT2D eigenvalue weighted by Crippen LogP contribution is 2.38. The van der Waals surface area contributed by atoms with Crippen molar-refractivity contribution in [1.82, 2.24) is 14.4 Å². The van der Waals surface area contributed by atoms with Crippen molar-refractivity contribution in [2.24, 2.45) is 5.92 Å². The van der Waals surface area contributed by atoms with Crippen molar-refractivity contribution >= 4 is 10.0 Å². The van der Waals surface area contributed by atoms with E-state index in [1.165, 1.54) is 0 Å². The van der Waals surface area contributed by atoms with Gasteiger partial charge in [-0.15, -0.1) is 0 Å². The molecule has 1 aliphatic heterocycles. The summed E-state index contributed by atoms with van der Waals surface area (Å²) < 4.78 is 31.3. The van der Waals surface area contributed by atoms with Gasteiger partial charge in [-0.25, -0.2) is 12.7 Å². The van der Waals surface area contributed by atoms with E-state index in [-0.39, 0.29) is 11.7 Å². The Bertz CT molecular complexity index is 580. The van der Waals surface area contributed by atoms with Gasteiger partial charge in [0.2, 0.25) is 15.9 Å². The summed E-state index contributed by atoms with van der Waals surface area (Å²) in [4.78, 5) is 4.44. The Morgan fingerprint density at radius 3 is 2.86 bits per heavy atom. The molecule has 1 aliphatic carbocycles. The summed E-state index contributed by atoms with van der Waals surface area (Å²) in [5.74, 6) is 2.52. The second kappa shape index (κ2) is 6.04. The van der Waals surface area contributed by atoms with Crippen LogP contribution in [0.15, 0.2) is 4.52 Å². The molecular formula is C14H23N3O3S. The number of aromatic nitrogens is 2. The SMILES string of the molecule is CCCS(=O)(=O)N1CCCC(Cc2nc(C3CC3)no2)C1. The molecule has 1 aromatic rings. The molecular weight excluding hydrogens is 290 g/mol. The van der Waals surface area contributed by atoms with Crippen molar-refractivity contribution in [3.05, 3.63) is 11.7 Å². The van der Waals surface area contributed by atoms with Gasteiger partial charge in [0.15, 0.2) is 5.82 Å². The monoisotopic (exact) mass is 313 g/mol. The molecule has 1 saturated heterocycles. The third kappa shape index (κ3) is 3.63. The minimum absolute atomic E-state index is 0.242. The summed E-state index contributed by atoms with van der Waals surface area (Å²) >= 11 is 0. The van der Waals surface area contributed by atoms with Gasteiger partial charge in [0.1, 0.15) is 0 Å². The summed E-state index contributed by atoms with van der Waals surface area (Å²) in [5.41, 5.74) is 0. The lowest BCUT2D eigenvalue weighted by molar-refractivity contribution is 0.247. The van der Waals surface area contributed by atoms with Crippen molar-refractivity contribution in [3.63, 3.8) is 0 Å². The van der Waals surface area contributed by atoms with E-state index >= 15 is 0 Å². The molecule has 1 unspecified atom stereocenters. The molecule has 0 spiro atoms. The molecule has 0 amide bonds. The van der Waals surface area contributed by atoms with Crippen LogP contribution in [0.5, 0.6) is 0 Å². The van der Waals surface area contributed by atoms with E-state index in [0.29, 0.717) is 37.7 Å². The van der Waals surface area contributed by atoms with Crippen molar-refractivity contribution < 1.29 is 12.9 Å². The van der Waals surface area contributed by atoms with Gasteiger partial charge >= 0.3 is 0 Å². The van der Waals surface area contributed by atoms with Crippen LogP contribution in [0.4, 0.5) is 0 Å². The summed E-state index contributed by atoms with van der Waals surface area (Å²) in [7, 11) is -3.09. The fourth-order valence-corrected chi connectivity index (χ4v) is 4.56. The number of sulfonamides is 1. The molecule has 118 valence electrons. The zero-order valence-electron chi connectivity index (χ0n) is 12.5. The van der Waals surface area contributed by atoms with Crippen molar-refractivity contribution in [1.29, 1.82) is 0 Å². The van der Waals surface area contributed by atoms with Gasteiger partial charge in [0, 0.05) is 25.4 Å². The van der Waals surface area contributed by atoms with Crippen molar-refractivity contribution in [2.75, 3.05) is 18.8 Å². The van der Waals surface area contributed by atoms with Gasteiger partial charge < -0.3 is 4.52 Å². The molecule has 2 aliphatic rings. The first-order chi connectivity index (χ1) is 10.1. The molecule has 0 radical (unpaired) electrons. The van der Waals surface area contributed by atoms with Crippen molar-refractivity contribution in [3.8, 4) is 0 Å². The largest absolute Gasteiger partial charge is 0.339 e. The molecule has 0 N–H and O–H groups in total. The predicted octanol–water partition coefficient (Wildman–Crippen LogP) is 1.94. The van der Waals surface area contributed by atoms with Crippen LogP contribution in [0.25, 0.3) is 0 Å². The van der Waals surface area contributed by atoms with E-state index in [1.807, 2.05) is 6.92 Å². The van der Waals surface area contributed by atoms with E-state index in [4.69, 9.17) is 4.52 Å². The fraction of sp³-hybridized carbons (Fsp3) is 0.857. The van der Waals surface area contributed by atoms with Crippen LogP contribution < -0.4 is 0 Å². The summed E-state index contributed by atoms with van der Waals surface area (Å²) in [6, 6.07) is 0. The number of rotatable bonds is 6. The maximum absolute atomic E-state index is 12.2. The van der Waals surface area contributed by atoms with E-state index in [0.717, 1.165) is 31.5 Å². The third-order valence-corrected chi connectivity index (χ3v) is 6.27. The fourth-order valence-electron chi connectivity index (χ4n) is 2.94. The topological polar surface area (TPSA) is 76.3 Å². The molecule has 1 aromatic heterocycles. The number of piperidine rings is 1. The summed E-state index contributed by atoms with van der Waals surface area (Å²) in [6.07, 6.45) is 5.61. The third-order valence-electron chi connectivity index (χ3n) is 4.23. The molecule has 1 saturated carbocycles. The Morgan fingerprint density at radius 2 is 2.14 bits per heavy atom. The zero-order chi connectivity index (χ0) is 14.9. The first kappa shape index (κ1) is 15.0. The maximum Gasteiger partial charge on any atom is 0.226 e. The Labute approximate surface area is 126 Å². The zero-order valence-corrected chi connectivity index (χ0v) is 13.3. The van der Waals surface area contributed by atoms with Gasteiger partial charge in [-0.3, -0.25) is 0 Å². The van der Waals surface area contributed by atoms with Gasteiger partial charge in [-0.1, -0.05) is 12.1 Å². The summed E-state index contributed by atoms with van der Waals surface area (Å²) in [5, 5.41) is 4.02. The Hall–Kier alpha value is -0.950. The normalized spacial score (nSPS) is 24.3. The van der Waals surface area contributed by atoms with Crippen LogP contribution in [0, 0.1) is 5.92 Å². The van der Waals surface area contributed by atoms with Crippen molar-refractivity contribution in [2.45, 2.75) is 51.4 Å². The summed E-state index contributed by atoms with van der Waals surface area (Å²) in [6.45, 7) is 3.14. The van der Waals surface area contributed by atoms with Gasteiger partial charge in [0.05, 0.1) is 5.75 Å². The number of hydrogen-bond donors (Lipinski definition) is 0. The maximum atomic E-state index is 12.2. The molecule has 21 heavy (non-hydrogen) atoms. The van der Waals surface area contributed by atoms with E-state index < -0.39 is 10.0 Å². The lowest BCUT2D eigenvalue weighted by Gasteiger charge is -2.31. The highest BCUT2D eigenvalue weighted by molar-refractivity contribution is 7.89. The lowest BCUT2D eigenvalue weighted by atomic mass is 9.96. The average molecular weight is 313 g/mol. The quantitative estimate of drug-likeness (QED) is 0.802. The number of nitrogens with zero attached hydrogens (tertiary/aromatic N) is 3. The standard InChI is InChI=1S/C14H23N3O3S/c1-2-8-21(18,19)17-7-3-4-11(10-17)9-13-15-14(16-20-13)12-5-6-12/h11-12H,2-10H2,1H3. The molecule has 6 nitrogen and oxygen atoms in total. The van der Waals surface area contributed by atoms with Gasteiger partial charge in [-0.05, 0) is 38.0 Å². The lowest BCUT2D eigenvalue weighted by Crippen LogP contribution is -2.41. The minimum Gasteiger partial charge on any atom is -0.339 e. The Balaban J connectivity index is 1.60. The van der Waals surface area contributed by atoms with Crippen LogP contribution in [-0.4, -0.2) is 41.7 Å². The van der Waals surface area contributed by atoms with E-state index in [1.54, 1.807) is 4.31 Å². The molecule has 2 heterocycles. The minimum atomic E-state index is -3.09. The molecule has 0 aromatic carbocycles. The van der Waals surface area contributed by atoms with Crippen LogP contribution in [0.1, 0.15) is 56.7 Å².